The maximum absolute atomic E-state index is 13.1. The Balaban J connectivity index is 5.27. The molecule has 0 heterocycles. The Morgan fingerprint density at radius 2 is 0.516 bits per heavy atom. The lowest BCUT2D eigenvalue weighted by Gasteiger charge is -2.21. The molecule has 0 aliphatic heterocycles. The van der Waals surface area contributed by atoms with Gasteiger partial charge in [-0.15, -0.1) is 0 Å². The third-order valence-electron chi connectivity index (χ3n) is 17.4. The quantitative estimate of drug-likeness (QED) is 0.0222. The summed E-state index contributed by atoms with van der Waals surface area (Å²) >= 11 is 0. The maximum Gasteiger partial charge on any atom is 0.472 e. The van der Waals surface area contributed by atoms with Gasteiger partial charge in [0.2, 0.25) is 0 Å². The van der Waals surface area contributed by atoms with Crippen molar-refractivity contribution in [2.45, 2.75) is 388 Å². The van der Waals surface area contributed by atoms with Crippen molar-refractivity contribution in [3.63, 3.8) is 0 Å². The Kier molecular flexibility index (Phi) is 62.2. The fourth-order valence-electron chi connectivity index (χ4n) is 11.2. The summed E-state index contributed by atoms with van der Waals surface area (Å²) in [6.45, 7) is 14.2. The molecule has 0 aliphatic rings. The van der Waals surface area contributed by atoms with Gasteiger partial charge in [-0.2, -0.15) is 0 Å². The largest absolute Gasteiger partial charge is 0.472 e. The lowest BCUT2D eigenvalue weighted by atomic mass is 9.99. The van der Waals surface area contributed by atoms with Gasteiger partial charge in [0.15, 0.2) is 12.2 Å². The fourth-order valence-corrected chi connectivity index (χ4v) is 12.7. The van der Waals surface area contributed by atoms with E-state index in [1.807, 2.05) is 0 Å². The number of aliphatic hydroxyl groups is 1. The Labute approximate surface area is 568 Å². The molecule has 0 aliphatic carbocycles. The van der Waals surface area contributed by atoms with Crippen LogP contribution in [0.2, 0.25) is 0 Å². The highest BCUT2D eigenvalue weighted by molar-refractivity contribution is 7.47. The summed E-state index contributed by atoms with van der Waals surface area (Å²) in [7, 11) is -9.91. The molecule has 0 radical (unpaired) electrons. The lowest BCUT2D eigenvalue weighted by molar-refractivity contribution is -0.161. The highest BCUT2D eigenvalue weighted by Crippen LogP contribution is 2.45. The minimum absolute atomic E-state index is 0.104. The number of carbonyl (C=O) groups excluding carboxylic acids is 4. The van der Waals surface area contributed by atoms with Gasteiger partial charge < -0.3 is 33.8 Å². The van der Waals surface area contributed by atoms with Gasteiger partial charge in [-0.3, -0.25) is 37.3 Å². The minimum atomic E-state index is -4.96. The minimum Gasteiger partial charge on any atom is -0.462 e. The van der Waals surface area contributed by atoms with Crippen molar-refractivity contribution in [1.29, 1.82) is 0 Å². The van der Waals surface area contributed by atoms with E-state index in [1.165, 1.54) is 173 Å². The third-order valence-corrected chi connectivity index (χ3v) is 19.3. The summed E-state index contributed by atoms with van der Waals surface area (Å²) < 4.78 is 68.5. The van der Waals surface area contributed by atoms with E-state index in [0.29, 0.717) is 25.7 Å². The predicted octanol–water partition coefficient (Wildman–Crippen LogP) is 21.3. The molecule has 0 saturated heterocycles. The van der Waals surface area contributed by atoms with Crippen molar-refractivity contribution < 1.29 is 80.2 Å². The van der Waals surface area contributed by atoms with Gasteiger partial charge in [-0.1, -0.05) is 319 Å². The predicted molar refractivity (Wildman–Crippen MR) is 377 cm³/mol. The molecule has 552 valence electrons. The molecule has 6 atom stereocenters. The van der Waals surface area contributed by atoms with Crippen molar-refractivity contribution >= 4 is 39.5 Å². The van der Waals surface area contributed by atoms with Crippen LogP contribution in [0, 0.1) is 23.7 Å². The summed E-state index contributed by atoms with van der Waals surface area (Å²) in [5, 5.41) is 10.6. The van der Waals surface area contributed by atoms with Crippen LogP contribution in [-0.2, 0) is 65.4 Å². The highest BCUT2D eigenvalue weighted by Gasteiger charge is 2.30. The molecule has 0 bridgehead atoms. The van der Waals surface area contributed by atoms with E-state index in [9.17, 15) is 43.2 Å². The Morgan fingerprint density at radius 1 is 0.301 bits per heavy atom. The fraction of sp³-hybridized carbons (Fsp3) is 0.946. The number of unbranched alkanes of at least 4 members (excludes halogenated alkanes) is 36. The van der Waals surface area contributed by atoms with Crippen LogP contribution in [0.1, 0.15) is 370 Å². The second kappa shape index (κ2) is 63.5. The van der Waals surface area contributed by atoms with E-state index in [2.05, 4.69) is 55.4 Å². The lowest BCUT2D eigenvalue weighted by Crippen LogP contribution is -2.30. The molecule has 19 heteroatoms. The molecule has 0 spiro atoms. The molecule has 17 nitrogen and oxygen atoms in total. The van der Waals surface area contributed by atoms with Crippen LogP contribution in [0.3, 0.4) is 0 Å². The second-order valence-corrected chi connectivity index (χ2v) is 31.3. The van der Waals surface area contributed by atoms with Gasteiger partial charge in [-0.05, 0) is 49.4 Å². The molecule has 0 aromatic rings. The van der Waals surface area contributed by atoms with Crippen molar-refractivity contribution in [3.8, 4) is 0 Å². The van der Waals surface area contributed by atoms with Crippen LogP contribution in [0.25, 0.3) is 0 Å². The average Bonchev–Trinajstić information content (AvgIpc) is 2.45. The molecule has 3 N–H and O–H groups in total. The van der Waals surface area contributed by atoms with Gasteiger partial charge in [-0.25, -0.2) is 9.13 Å². The molecular formula is C74H144O17P2. The number of carbonyl (C=O) groups is 4. The number of hydrogen-bond donors (Lipinski definition) is 3. The summed E-state index contributed by atoms with van der Waals surface area (Å²) in [5.41, 5.74) is 0. The SMILES string of the molecule is CCC(C)CCCCCCCCCCC(=O)O[C@H](COC(=O)CCCCCCCCCCC(C)C)COP(=O)(O)OCC(O)COP(=O)(O)OC[C@@H](COC(=O)CCCCCCCCCCCCCC(C)C)OC(=O)CCCCCCCCCCCCCCCC(C)C. The van der Waals surface area contributed by atoms with E-state index in [1.54, 1.807) is 0 Å². The molecule has 0 rings (SSSR count). The van der Waals surface area contributed by atoms with E-state index < -0.39 is 97.5 Å². The molecule has 0 aromatic heterocycles. The van der Waals surface area contributed by atoms with E-state index in [4.69, 9.17) is 37.0 Å². The standard InChI is InChI=1S/C74H144O17P2/c1-9-67(8)53-45-37-29-23-25-33-41-49-57-74(79)91-70(61-85-72(77)55-47-39-31-24-22-28-36-44-52-66(6)7)63-89-93(82,83)87-59-68(75)58-86-92(80,81)88-62-69(60-84-71(76)54-46-38-30-20-17-13-15-19-27-35-43-51-65(4)5)90-73(78)56-48-40-32-21-16-12-10-11-14-18-26-34-42-50-64(2)3/h64-70,75H,9-63H2,1-8H3,(H,80,81)(H,82,83)/t67?,68?,69-,70-/m1/s1. The number of ether oxygens (including phenoxy) is 4. The van der Waals surface area contributed by atoms with Gasteiger partial charge in [0.05, 0.1) is 26.4 Å². The summed E-state index contributed by atoms with van der Waals surface area (Å²) in [4.78, 5) is 72.7. The molecule has 0 saturated carbocycles. The van der Waals surface area contributed by atoms with Crippen molar-refractivity contribution in [2.75, 3.05) is 39.6 Å². The normalized spacial score (nSPS) is 14.5. The first-order valence-electron chi connectivity index (χ1n) is 38.2. The van der Waals surface area contributed by atoms with Gasteiger partial charge in [0.25, 0.3) is 0 Å². The van der Waals surface area contributed by atoms with E-state index in [0.717, 1.165) is 114 Å². The van der Waals surface area contributed by atoms with Gasteiger partial charge in [0.1, 0.15) is 19.3 Å². The summed E-state index contributed by atoms with van der Waals surface area (Å²) in [6, 6.07) is 0. The highest BCUT2D eigenvalue weighted by atomic mass is 31.2. The smallest absolute Gasteiger partial charge is 0.462 e. The van der Waals surface area contributed by atoms with E-state index >= 15 is 0 Å². The van der Waals surface area contributed by atoms with E-state index in [-0.39, 0.29) is 25.7 Å². The molecule has 0 aromatic carbocycles. The van der Waals surface area contributed by atoms with Crippen LogP contribution in [0.5, 0.6) is 0 Å². The number of hydrogen-bond acceptors (Lipinski definition) is 15. The first-order chi connectivity index (χ1) is 44.6. The molecule has 93 heavy (non-hydrogen) atoms. The van der Waals surface area contributed by atoms with Crippen LogP contribution in [-0.4, -0.2) is 96.7 Å². The van der Waals surface area contributed by atoms with Crippen molar-refractivity contribution in [3.05, 3.63) is 0 Å². The zero-order valence-electron chi connectivity index (χ0n) is 60.9. The first kappa shape index (κ1) is 91.1. The third kappa shape index (κ3) is 67.0. The van der Waals surface area contributed by atoms with Gasteiger partial charge >= 0.3 is 39.5 Å². The first-order valence-corrected chi connectivity index (χ1v) is 41.2. The second-order valence-electron chi connectivity index (χ2n) is 28.4. The number of phosphoric acid groups is 2. The summed E-state index contributed by atoms with van der Waals surface area (Å²) in [5.74, 6) is 0.929. The van der Waals surface area contributed by atoms with Crippen LogP contribution in [0.4, 0.5) is 0 Å². The van der Waals surface area contributed by atoms with Crippen LogP contribution in [0.15, 0.2) is 0 Å². The zero-order valence-corrected chi connectivity index (χ0v) is 62.7. The van der Waals surface area contributed by atoms with Crippen LogP contribution >= 0.6 is 15.6 Å². The summed E-state index contributed by atoms with van der Waals surface area (Å²) in [6.07, 6.45) is 47.1. The Morgan fingerprint density at radius 3 is 0.763 bits per heavy atom. The zero-order chi connectivity index (χ0) is 68.9. The number of rotatable bonds is 71. The Bertz CT molecular complexity index is 1840. The number of esters is 4. The number of aliphatic hydroxyl groups excluding tert-OH is 1. The van der Waals surface area contributed by atoms with Crippen molar-refractivity contribution in [2.24, 2.45) is 23.7 Å². The molecule has 0 amide bonds. The average molecular weight is 1370 g/mol. The van der Waals surface area contributed by atoms with Gasteiger partial charge in [0, 0.05) is 25.7 Å². The van der Waals surface area contributed by atoms with Crippen molar-refractivity contribution in [1.82, 2.24) is 0 Å². The molecule has 0 fully saturated rings. The molecule has 4 unspecified atom stereocenters. The maximum atomic E-state index is 13.1. The Hall–Kier alpha value is -1.94. The monoisotopic (exact) mass is 1370 g/mol. The van der Waals surface area contributed by atoms with Crippen LogP contribution < -0.4 is 0 Å². The topological polar surface area (TPSA) is 237 Å². The number of phosphoric ester groups is 2. The molecular weight excluding hydrogens is 1220 g/mol.